The second kappa shape index (κ2) is 3.85. The standard InChI is InChI=1S/C12H8BrN3O/c13-7-3-4-9(14)8(6-7)12-16-11-10(17-12)2-1-5-15-11/h1-6H,14H2. The van der Waals surface area contributed by atoms with Gasteiger partial charge in [-0.15, -0.1) is 0 Å². The summed E-state index contributed by atoms with van der Waals surface area (Å²) in [6.07, 6.45) is 1.68. The van der Waals surface area contributed by atoms with Gasteiger partial charge in [-0.3, -0.25) is 0 Å². The number of oxazole rings is 1. The summed E-state index contributed by atoms with van der Waals surface area (Å²) >= 11 is 3.40. The molecule has 3 rings (SSSR count). The predicted octanol–water partition coefficient (Wildman–Crippen LogP) is 3.23. The van der Waals surface area contributed by atoms with Gasteiger partial charge in [-0.25, -0.2) is 4.98 Å². The van der Waals surface area contributed by atoms with Crippen molar-refractivity contribution >= 4 is 32.8 Å². The summed E-state index contributed by atoms with van der Waals surface area (Å²) in [5.74, 6) is 0.484. The first-order valence-electron chi connectivity index (χ1n) is 5.01. The molecule has 0 aliphatic carbocycles. The Kier molecular flexibility index (Phi) is 2.33. The lowest BCUT2D eigenvalue weighted by Crippen LogP contribution is -1.89. The minimum atomic E-state index is 0.484. The van der Waals surface area contributed by atoms with Crippen molar-refractivity contribution in [3.05, 3.63) is 41.0 Å². The molecule has 2 heterocycles. The number of nitrogens with zero attached hydrogens (tertiary/aromatic N) is 2. The molecule has 0 saturated carbocycles. The second-order valence-corrected chi connectivity index (χ2v) is 4.49. The molecule has 2 aromatic heterocycles. The number of hydrogen-bond donors (Lipinski definition) is 1. The highest BCUT2D eigenvalue weighted by Crippen LogP contribution is 2.30. The highest BCUT2D eigenvalue weighted by Gasteiger charge is 2.11. The van der Waals surface area contributed by atoms with Gasteiger partial charge in [0.2, 0.25) is 5.89 Å². The minimum Gasteiger partial charge on any atom is -0.434 e. The van der Waals surface area contributed by atoms with Crippen LogP contribution in [-0.4, -0.2) is 9.97 Å². The van der Waals surface area contributed by atoms with Crippen LogP contribution in [0.3, 0.4) is 0 Å². The molecule has 0 radical (unpaired) electrons. The first kappa shape index (κ1) is 10.3. The predicted molar refractivity (Wildman–Crippen MR) is 69.4 cm³/mol. The number of anilines is 1. The van der Waals surface area contributed by atoms with E-state index in [-0.39, 0.29) is 0 Å². The van der Waals surface area contributed by atoms with Gasteiger partial charge in [0.05, 0.1) is 5.56 Å². The van der Waals surface area contributed by atoms with E-state index in [1.807, 2.05) is 30.3 Å². The Hall–Kier alpha value is -1.88. The lowest BCUT2D eigenvalue weighted by atomic mass is 10.2. The van der Waals surface area contributed by atoms with E-state index >= 15 is 0 Å². The van der Waals surface area contributed by atoms with Crippen LogP contribution in [0.15, 0.2) is 45.4 Å². The highest BCUT2D eigenvalue weighted by molar-refractivity contribution is 9.10. The topological polar surface area (TPSA) is 64.9 Å². The Bertz CT molecular complexity index is 660. The second-order valence-electron chi connectivity index (χ2n) is 3.58. The van der Waals surface area contributed by atoms with Crippen LogP contribution in [0.25, 0.3) is 22.7 Å². The molecule has 0 fully saturated rings. The van der Waals surface area contributed by atoms with Crippen molar-refractivity contribution in [3.63, 3.8) is 0 Å². The summed E-state index contributed by atoms with van der Waals surface area (Å²) in [5, 5.41) is 0. The zero-order valence-electron chi connectivity index (χ0n) is 8.72. The van der Waals surface area contributed by atoms with Crippen LogP contribution in [0.4, 0.5) is 5.69 Å². The van der Waals surface area contributed by atoms with Crippen molar-refractivity contribution in [3.8, 4) is 11.5 Å². The van der Waals surface area contributed by atoms with Crippen LogP contribution in [0.5, 0.6) is 0 Å². The van der Waals surface area contributed by atoms with E-state index in [9.17, 15) is 0 Å². The van der Waals surface area contributed by atoms with E-state index in [4.69, 9.17) is 10.2 Å². The zero-order chi connectivity index (χ0) is 11.8. The number of aromatic nitrogens is 2. The minimum absolute atomic E-state index is 0.484. The smallest absolute Gasteiger partial charge is 0.231 e. The van der Waals surface area contributed by atoms with E-state index in [0.717, 1.165) is 10.0 Å². The zero-order valence-corrected chi connectivity index (χ0v) is 10.3. The maximum absolute atomic E-state index is 5.90. The SMILES string of the molecule is Nc1ccc(Br)cc1-c1nc2ncccc2o1. The van der Waals surface area contributed by atoms with Gasteiger partial charge in [-0.2, -0.15) is 4.98 Å². The van der Waals surface area contributed by atoms with E-state index < -0.39 is 0 Å². The molecule has 0 saturated heterocycles. The Balaban J connectivity index is 2.23. The van der Waals surface area contributed by atoms with Gasteiger partial charge in [-0.1, -0.05) is 15.9 Å². The molecule has 0 spiro atoms. The molecule has 0 unspecified atom stereocenters. The van der Waals surface area contributed by atoms with Crippen molar-refractivity contribution < 1.29 is 4.42 Å². The fraction of sp³-hybridized carbons (Fsp3) is 0. The normalized spacial score (nSPS) is 10.9. The van der Waals surface area contributed by atoms with Crippen LogP contribution in [-0.2, 0) is 0 Å². The van der Waals surface area contributed by atoms with Gasteiger partial charge in [-0.05, 0) is 30.3 Å². The van der Waals surface area contributed by atoms with Gasteiger partial charge in [0.1, 0.15) is 0 Å². The van der Waals surface area contributed by atoms with E-state index in [1.54, 1.807) is 6.20 Å². The molecular weight excluding hydrogens is 282 g/mol. The summed E-state index contributed by atoms with van der Waals surface area (Å²) in [4.78, 5) is 8.43. The molecule has 0 bridgehead atoms. The van der Waals surface area contributed by atoms with E-state index in [0.29, 0.717) is 22.8 Å². The number of nitrogens with two attached hydrogens (primary N) is 1. The molecule has 17 heavy (non-hydrogen) atoms. The average Bonchev–Trinajstić information content (AvgIpc) is 2.75. The first-order valence-corrected chi connectivity index (χ1v) is 5.80. The molecule has 84 valence electrons. The van der Waals surface area contributed by atoms with Crippen LogP contribution >= 0.6 is 15.9 Å². The summed E-state index contributed by atoms with van der Waals surface area (Å²) in [7, 11) is 0. The number of benzene rings is 1. The maximum atomic E-state index is 5.90. The lowest BCUT2D eigenvalue weighted by molar-refractivity contribution is 0.620. The average molecular weight is 290 g/mol. The molecule has 1 aromatic carbocycles. The van der Waals surface area contributed by atoms with Crippen molar-refractivity contribution in [2.24, 2.45) is 0 Å². The summed E-state index contributed by atoms with van der Waals surface area (Å²) < 4.78 is 6.54. The largest absolute Gasteiger partial charge is 0.434 e. The van der Waals surface area contributed by atoms with Gasteiger partial charge in [0.15, 0.2) is 11.2 Å². The molecule has 5 heteroatoms. The number of rotatable bonds is 1. The van der Waals surface area contributed by atoms with Gasteiger partial charge >= 0.3 is 0 Å². The molecule has 3 aromatic rings. The molecular formula is C12H8BrN3O. The van der Waals surface area contributed by atoms with Crippen molar-refractivity contribution in [1.29, 1.82) is 0 Å². The summed E-state index contributed by atoms with van der Waals surface area (Å²) in [5.41, 5.74) is 8.53. The Morgan fingerprint density at radius 1 is 1.24 bits per heavy atom. The Labute approximate surface area is 106 Å². The first-order chi connectivity index (χ1) is 8.24. The highest BCUT2D eigenvalue weighted by atomic mass is 79.9. The number of pyridine rings is 1. The number of halogens is 1. The number of nitrogen functional groups attached to an aromatic ring is 1. The molecule has 4 nitrogen and oxygen atoms in total. The quantitative estimate of drug-likeness (QED) is 0.699. The van der Waals surface area contributed by atoms with Gasteiger partial charge in [0.25, 0.3) is 0 Å². The Morgan fingerprint density at radius 3 is 2.94 bits per heavy atom. The van der Waals surface area contributed by atoms with E-state index in [2.05, 4.69) is 25.9 Å². The lowest BCUT2D eigenvalue weighted by Gasteiger charge is -2.00. The van der Waals surface area contributed by atoms with E-state index in [1.165, 1.54) is 0 Å². The number of hydrogen-bond acceptors (Lipinski definition) is 4. The van der Waals surface area contributed by atoms with Crippen molar-refractivity contribution in [1.82, 2.24) is 9.97 Å². The maximum Gasteiger partial charge on any atom is 0.231 e. The fourth-order valence-electron chi connectivity index (χ4n) is 1.60. The third-order valence-electron chi connectivity index (χ3n) is 2.41. The third-order valence-corrected chi connectivity index (χ3v) is 2.90. The van der Waals surface area contributed by atoms with Crippen molar-refractivity contribution in [2.75, 3.05) is 5.73 Å². The Morgan fingerprint density at radius 2 is 2.12 bits per heavy atom. The third kappa shape index (κ3) is 1.78. The monoisotopic (exact) mass is 289 g/mol. The van der Waals surface area contributed by atoms with Gasteiger partial charge in [0, 0.05) is 16.4 Å². The van der Waals surface area contributed by atoms with Crippen LogP contribution in [0.1, 0.15) is 0 Å². The summed E-state index contributed by atoms with van der Waals surface area (Å²) in [6.45, 7) is 0. The fourth-order valence-corrected chi connectivity index (χ4v) is 1.96. The summed E-state index contributed by atoms with van der Waals surface area (Å²) in [6, 6.07) is 9.19. The molecule has 0 aliphatic rings. The molecule has 0 aliphatic heterocycles. The van der Waals surface area contributed by atoms with Gasteiger partial charge < -0.3 is 10.2 Å². The van der Waals surface area contributed by atoms with Crippen molar-refractivity contribution in [2.45, 2.75) is 0 Å². The van der Waals surface area contributed by atoms with Crippen LogP contribution in [0.2, 0.25) is 0 Å². The number of fused-ring (bicyclic) bond motifs is 1. The van der Waals surface area contributed by atoms with Crippen LogP contribution in [0, 0.1) is 0 Å². The molecule has 2 N–H and O–H groups in total. The molecule has 0 atom stereocenters. The van der Waals surface area contributed by atoms with Crippen LogP contribution < -0.4 is 5.73 Å². The molecule has 0 amide bonds.